The van der Waals surface area contributed by atoms with Crippen LogP contribution in [0.15, 0.2) is 0 Å². The van der Waals surface area contributed by atoms with Crippen LogP contribution in [-0.2, 0) is 0 Å². The van der Waals surface area contributed by atoms with Crippen LogP contribution in [0.4, 0.5) is 0 Å². The highest BCUT2D eigenvalue weighted by Crippen LogP contribution is 2.40. The largest absolute Gasteiger partial charge is 0.311 e. The first kappa shape index (κ1) is 9.85. The van der Waals surface area contributed by atoms with E-state index in [1.165, 1.54) is 37.2 Å². The van der Waals surface area contributed by atoms with Gasteiger partial charge in [-0.2, -0.15) is 11.8 Å². The van der Waals surface area contributed by atoms with Gasteiger partial charge in [0, 0.05) is 12.1 Å². The van der Waals surface area contributed by atoms with Gasteiger partial charge in [-0.3, -0.25) is 0 Å². The third-order valence-electron chi connectivity index (χ3n) is 3.68. The van der Waals surface area contributed by atoms with Crippen LogP contribution >= 0.6 is 11.8 Å². The molecule has 0 spiro atoms. The van der Waals surface area contributed by atoms with E-state index in [1.807, 2.05) is 0 Å². The molecular weight excluding hydrogens is 178 g/mol. The van der Waals surface area contributed by atoms with Crippen molar-refractivity contribution in [2.45, 2.75) is 51.6 Å². The second-order valence-corrected chi connectivity index (χ2v) is 6.36. The summed E-state index contributed by atoms with van der Waals surface area (Å²) in [4.78, 5) is 0. The molecule has 1 aliphatic carbocycles. The first-order chi connectivity index (χ1) is 6.18. The van der Waals surface area contributed by atoms with Crippen molar-refractivity contribution in [1.82, 2.24) is 5.32 Å². The van der Waals surface area contributed by atoms with Gasteiger partial charge >= 0.3 is 0 Å². The Kier molecular flexibility index (Phi) is 2.89. The van der Waals surface area contributed by atoms with Crippen molar-refractivity contribution in [3.63, 3.8) is 0 Å². The van der Waals surface area contributed by atoms with E-state index in [-0.39, 0.29) is 0 Å². The van der Waals surface area contributed by atoms with Crippen LogP contribution in [0.1, 0.15) is 39.5 Å². The van der Waals surface area contributed by atoms with Crippen molar-refractivity contribution in [2.75, 3.05) is 11.5 Å². The molecule has 2 heteroatoms. The van der Waals surface area contributed by atoms with Crippen LogP contribution < -0.4 is 5.32 Å². The Morgan fingerprint density at radius 3 is 2.31 bits per heavy atom. The third-order valence-corrected chi connectivity index (χ3v) is 4.73. The summed E-state index contributed by atoms with van der Waals surface area (Å²) in [6.45, 7) is 4.79. The van der Waals surface area contributed by atoms with Crippen LogP contribution in [0.25, 0.3) is 0 Å². The molecule has 1 saturated carbocycles. The monoisotopic (exact) mass is 199 g/mol. The highest BCUT2D eigenvalue weighted by molar-refractivity contribution is 7.99. The van der Waals surface area contributed by atoms with Crippen LogP contribution in [0.2, 0.25) is 0 Å². The first-order valence-electron chi connectivity index (χ1n) is 5.52. The fourth-order valence-electron chi connectivity index (χ4n) is 2.32. The van der Waals surface area contributed by atoms with E-state index in [9.17, 15) is 0 Å². The van der Waals surface area contributed by atoms with Gasteiger partial charge in [0.1, 0.15) is 0 Å². The summed E-state index contributed by atoms with van der Waals surface area (Å²) in [5.74, 6) is 2.73. The molecule has 2 fully saturated rings. The van der Waals surface area contributed by atoms with E-state index < -0.39 is 0 Å². The van der Waals surface area contributed by atoms with Crippen molar-refractivity contribution in [3.8, 4) is 0 Å². The van der Waals surface area contributed by atoms with E-state index in [1.54, 1.807) is 0 Å². The Hall–Kier alpha value is 0.310. The Balaban J connectivity index is 1.77. The van der Waals surface area contributed by atoms with Crippen molar-refractivity contribution < 1.29 is 0 Å². The van der Waals surface area contributed by atoms with Crippen LogP contribution in [0, 0.1) is 5.41 Å². The van der Waals surface area contributed by atoms with Gasteiger partial charge in [-0.05, 0) is 42.6 Å². The van der Waals surface area contributed by atoms with E-state index in [4.69, 9.17) is 0 Å². The molecule has 1 saturated heterocycles. The number of thioether (sulfide) groups is 1. The van der Waals surface area contributed by atoms with Crippen molar-refractivity contribution >= 4 is 11.8 Å². The minimum absolute atomic E-state index is 0.574. The molecule has 0 aromatic carbocycles. The van der Waals surface area contributed by atoms with Gasteiger partial charge in [-0.25, -0.2) is 0 Å². The first-order valence-corrected chi connectivity index (χ1v) is 6.68. The summed E-state index contributed by atoms with van der Waals surface area (Å²) in [7, 11) is 0. The van der Waals surface area contributed by atoms with E-state index in [0.717, 1.165) is 12.1 Å². The number of nitrogens with one attached hydrogen (secondary N) is 1. The molecule has 0 amide bonds. The Morgan fingerprint density at radius 1 is 1.15 bits per heavy atom. The average molecular weight is 199 g/mol. The lowest BCUT2D eigenvalue weighted by Crippen LogP contribution is -2.54. The molecule has 2 rings (SSSR count). The maximum atomic E-state index is 3.83. The van der Waals surface area contributed by atoms with E-state index >= 15 is 0 Å². The van der Waals surface area contributed by atoms with Gasteiger partial charge in [0.2, 0.25) is 0 Å². The summed E-state index contributed by atoms with van der Waals surface area (Å²) in [6, 6.07) is 1.63. The van der Waals surface area contributed by atoms with Crippen molar-refractivity contribution in [1.29, 1.82) is 0 Å². The summed E-state index contributed by atoms with van der Waals surface area (Å²) >= 11 is 2.11. The zero-order valence-corrected chi connectivity index (χ0v) is 9.62. The topological polar surface area (TPSA) is 12.0 Å². The van der Waals surface area contributed by atoms with Gasteiger partial charge in [0.15, 0.2) is 0 Å². The zero-order valence-electron chi connectivity index (χ0n) is 8.81. The van der Waals surface area contributed by atoms with E-state index in [0.29, 0.717) is 5.41 Å². The molecule has 76 valence electrons. The average Bonchev–Trinajstić information content (AvgIpc) is 2.15. The minimum Gasteiger partial charge on any atom is -0.311 e. The lowest BCUT2D eigenvalue weighted by molar-refractivity contribution is 0.0963. The normalized spacial score (nSPS) is 34.2. The molecule has 0 radical (unpaired) electrons. The summed E-state index contributed by atoms with van der Waals surface area (Å²) in [5, 5.41) is 3.83. The molecule has 1 aliphatic heterocycles. The molecule has 0 aromatic heterocycles. The van der Waals surface area contributed by atoms with Crippen molar-refractivity contribution in [2.24, 2.45) is 5.41 Å². The van der Waals surface area contributed by atoms with Gasteiger partial charge in [-0.15, -0.1) is 0 Å². The standard InChI is InChI=1S/C11H21NS/c1-11(2)6-3-10(11)12-9-4-7-13-8-5-9/h9-10,12H,3-8H2,1-2H3. The van der Waals surface area contributed by atoms with Crippen LogP contribution in [0.5, 0.6) is 0 Å². The van der Waals surface area contributed by atoms with Gasteiger partial charge in [-0.1, -0.05) is 13.8 Å². The lowest BCUT2D eigenvalue weighted by atomic mass is 9.67. The number of hydrogen-bond donors (Lipinski definition) is 1. The molecular formula is C11H21NS. The molecule has 1 unspecified atom stereocenters. The SMILES string of the molecule is CC1(C)CCC1NC1CCSCC1. The highest BCUT2D eigenvalue weighted by atomic mass is 32.2. The molecule has 1 heterocycles. The van der Waals surface area contributed by atoms with Gasteiger partial charge in [0.25, 0.3) is 0 Å². The predicted octanol–water partition coefficient (Wildman–Crippen LogP) is 2.66. The molecule has 1 atom stereocenters. The molecule has 1 N–H and O–H groups in total. The maximum absolute atomic E-state index is 3.83. The lowest BCUT2D eigenvalue weighted by Gasteiger charge is -2.47. The summed E-state index contributed by atoms with van der Waals surface area (Å²) in [5.41, 5.74) is 0.574. The number of rotatable bonds is 2. The Morgan fingerprint density at radius 2 is 1.85 bits per heavy atom. The zero-order chi connectivity index (χ0) is 9.31. The molecule has 2 aliphatic rings. The molecule has 13 heavy (non-hydrogen) atoms. The Bertz CT molecular complexity index is 173. The van der Waals surface area contributed by atoms with Crippen molar-refractivity contribution in [3.05, 3.63) is 0 Å². The van der Waals surface area contributed by atoms with Crippen LogP contribution in [0.3, 0.4) is 0 Å². The smallest absolute Gasteiger partial charge is 0.0121 e. The number of hydrogen-bond acceptors (Lipinski definition) is 2. The molecule has 1 nitrogen and oxygen atoms in total. The second-order valence-electron chi connectivity index (χ2n) is 5.13. The molecule has 0 bridgehead atoms. The predicted molar refractivity (Wildman–Crippen MR) is 60.3 cm³/mol. The molecule has 0 aromatic rings. The fourth-order valence-corrected chi connectivity index (χ4v) is 3.43. The van der Waals surface area contributed by atoms with Crippen LogP contribution in [-0.4, -0.2) is 23.6 Å². The van der Waals surface area contributed by atoms with E-state index in [2.05, 4.69) is 30.9 Å². The minimum atomic E-state index is 0.574. The summed E-state index contributed by atoms with van der Waals surface area (Å²) < 4.78 is 0. The Labute approximate surface area is 86.0 Å². The summed E-state index contributed by atoms with van der Waals surface area (Å²) in [6.07, 6.45) is 5.58. The fraction of sp³-hybridized carbons (Fsp3) is 1.00. The van der Waals surface area contributed by atoms with Gasteiger partial charge in [0.05, 0.1) is 0 Å². The third kappa shape index (κ3) is 2.21. The quantitative estimate of drug-likeness (QED) is 0.734. The second kappa shape index (κ2) is 3.82. The highest BCUT2D eigenvalue weighted by Gasteiger charge is 2.39. The van der Waals surface area contributed by atoms with Gasteiger partial charge < -0.3 is 5.32 Å². The maximum Gasteiger partial charge on any atom is 0.0121 e.